The van der Waals surface area contributed by atoms with Gasteiger partial charge in [-0.05, 0) is 42.6 Å². The fourth-order valence-electron chi connectivity index (χ4n) is 1.54. The van der Waals surface area contributed by atoms with Crippen LogP contribution in [0.5, 0.6) is 5.75 Å². The van der Waals surface area contributed by atoms with Crippen molar-refractivity contribution >= 4 is 17.3 Å². The lowest BCUT2D eigenvalue weighted by atomic mass is 10.3. The molecule has 1 N–H and O–H groups in total. The van der Waals surface area contributed by atoms with Gasteiger partial charge in [0.1, 0.15) is 11.4 Å². The molecule has 0 heterocycles. The number of hydrogen-bond acceptors (Lipinski definition) is 5. The van der Waals surface area contributed by atoms with E-state index in [0.717, 1.165) is 5.69 Å². The monoisotopic (exact) mass is 293 g/mol. The molecule has 0 bridgehead atoms. The van der Waals surface area contributed by atoms with Gasteiger partial charge in [0, 0.05) is 0 Å². The van der Waals surface area contributed by atoms with Crippen molar-refractivity contribution in [1.82, 2.24) is 5.32 Å². The molecule has 0 radical (unpaired) electrons. The number of carbonyl (C=O) groups is 1. The van der Waals surface area contributed by atoms with Crippen LogP contribution in [0.1, 0.15) is 0 Å². The Morgan fingerprint density at radius 2 is 1.59 bits per heavy atom. The summed E-state index contributed by atoms with van der Waals surface area (Å²) in [6.45, 7) is 6.98. The van der Waals surface area contributed by atoms with Crippen LogP contribution >= 0.6 is 0 Å². The van der Waals surface area contributed by atoms with Gasteiger partial charge in [0.25, 0.3) is 0 Å². The van der Waals surface area contributed by atoms with Crippen molar-refractivity contribution in [2.75, 3.05) is 0 Å². The minimum absolute atomic E-state index is 0.114. The van der Waals surface area contributed by atoms with Crippen molar-refractivity contribution in [3.05, 3.63) is 79.7 Å². The zero-order valence-electron chi connectivity index (χ0n) is 11.9. The Morgan fingerprint density at radius 3 is 2.18 bits per heavy atom. The number of nitrogens with zero attached hydrogens (tertiary/aromatic N) is 2. The average molecular weight is 293 g/mol. The maximum atomic E-state index is 11.6. The van der Waals surface area contributed by atoms with Gasteiger partial charge < -0.3 is 10.1 Å². The van der Waals surface area contributed by atoms with Gasteiger partial charge in [0.05, 0.1) is 11.4 Å². The number of nitrogens with one attached hydrogen (secondary N) is 1. The molecule has 0 saturated carbocycles. The van der Waals surface area contributed by atoms with E-state index in [1.165, 1.54) is 6.20 Å². The molecule has 2 aromatic carbocycles. The number of rotatable bonds is 6. The number of benzene rings is 2. The molecule has 0 unspecified atom stereocenters. The highest BCUT2D eigenvalue weighted by molar-refractivity contribution is 5.89. The third kappa shape index (κ3) is 4.42. The second-order valence-corrected chi connectivity index (χ2v) is 4.25. The van der Waals surface area contributed by atoms with Crippen molar-refractivity contribution in [3.8, 4) is 5.75 Å². The Morgan fingerprint density at radius 1 is 1.00 bits per heavy atom. The first-order valence-corrected chi connectivity index (χ1v) is 6.54. The van der Waals surface area contributed by atoms with Gasteiger partial charge in [-0.2, -0.15) is 10.2 Å². The smallest absolute Gasteiger partial charge is 0.359 e. The number of hydrogen-bond donors (Lipinski definition) is 1. The van der Waals surface area contributed by atoms with Gasteiger partial charge in [0.15, 0.2) is 0 Å². The highest BCUT2D eigenvalue weighted by Gasteiger charge is 2.08. The molecule has 2 rings (SSSR count). The summed E-state index contributed by atoms with van der Waals surface area (Å²) >= 11 is 0. The molecule has 22 heavy (non-hydrogen) atoms. The molecule has 0 aliphatic heterocycles. The van der Waals surface area contributed by atoms with Crippen LogP contribution < -0.4 is 10.1 Å². The SMILES string of the molecule is C=CNC(=C)C(=O)Oc1ccc(N=Nc2ccccc2)cc1. The average Bonchev–Trinajstić information content (AvgIpc) is 2.55. The first kappa shape index (κ1) is 15.2. The highest BCUT2D eigenvalue weighted by atomic mass is 16.5. The Kier molecular flexibility index (Phi) is 5.20. The molecule has 2 aromatic rings. The van der Waals surface area contributed by atoms with Crippen LogP contribution in [-0.4, -0.2) is 5.97 Å². The van der Waals surface area contributed by atoms with Crippen LogP contribution in [-0.2, 0) is 4.79 Å². The minimum atomic E-state index is -0.571. The Labute approximate surface area is 128 Å². The van der Waals surface area contributed by atoms with Gasteiger partial charge >= 0.3 is 5.97 Å². The summed E-state index contributed by atoms with van der Waals surface area (Å²) in [7, 11) is 0. The van der Waals surface area contributed by atoms with E-state index in [9.17, 15) is 4.79 Å². The van der Waals surface area contributed by atoms with Crippen molar-refractivity contribution in [2.45, 2.75) is 0 Å². The number of esters is 1. The first-order chi connectivity index (χ1) is 10.7. The molecule has 0 amide bonds. The molecule has 0 spiro atoms. The zero-order valence-corrected chi connectivity index (χ0v) is 11.9. The molecule has 0 atom stereocenters. The number of carbonyl (C=O) groups excluding carboxylic acids is 1. The van der Waals surface area contributed by atoms with E-state index in [0.29, 0.717) is 11.4 Å². The second-order valence-electron chi connectivity index (χ2n) is 4.25. The van der Waals surface area contributed by atoms with Crippen molar-refractivity contribution in [1.29, 1.82) is 0 Å². The summed E-state index contributed by atoms with van der Waals surface area (Å²) < 4.78 is 5.13. The zero-order chi connectivity index (χ0) is 15.8. The first-order valence-electron chi connectivity index (χ1n) is 6.54. The van der Waals surface area contributed by atoms with E-state index in [1.54, 1.807) is 24.3 Å². The number of ether oxygens (including phenoxy) is 1. The summed E-state index contributed by atoms with van der Waals surface area (Å²) in [5, 5.41) is 10.8. The Bertz CT molecular complexity index is 692. The fourth-order valence-corrected chi connectivity index (χ4v) is 1.54. The van der Waals surface area contributed by atoms with E-state index < -0.39 is 5.97 Å². The van der Waals surface area contributed by atoms with E-state index in [4.69, 9.17) is 4.74 Å². The van der Waals surface area contributed by atoms with E-state index >= 15 is 0 Å². The lowest BCUT2D eigenvalue weighted by Crippen LogP contribution is -2.19. The van der Waals surface area contributed by atoms with Crippen molar-refractivity contribution in [2.24, 2.45) is 10.2 Å². The van der Waals surface area contributed by atoms with Gasteiger partial charge in [-0.3, -0.25) is 0 Å². The summed E-state index contributed by atoms with van der Waals surface area (Å²) in [5.74, 6) is -0.172. The molecular formula is C17H15N3O2. The highest BCUT2D eigenvalue weighted by Crippen LogP contribution is 2.21. The summed E-state index contributed by atoms with van der Waals surface area (Å²) in [5.41, 5.74) is 1.54. The fraction of sp³-hybridized carbons (Fsp3) is 0. The van der Waals surface area contributed by atoms with Crippen molar-refractivity contribution in [3.63, 3.8) is 0 Å². The van der Waals surface area contributed by atoms with E-state index in [1.807, 2.05) is 30.3 Å². The Balaban J connectivity index is 1.98. The van der Waals surface area contributed by atoms with Gasteiger partial charge in [-0.1, -0.05) is 31.4 Å². The second kappa shape index (κ2) is 7.54. The molecule has 0 aliphatic rings. The molecular weight excluding hydrogens is 278 g/mol. The molecule has 110 valence electrons. The summed E-state index contributed by atoms with van der Waals surface area (Å²) in [6.07, 6.45) is 1.36. The van der Waals surface area contributed by atoms with Crippen LogP contribution in [0.15, 0.2) is 89.9 Å². The predicted octanol–water partition coefficient (Wildman–Crippen LogP) is 4.25. The quantitative estimate of drug-likeness (QED) is 0.375. The predicted molar refractivity (Wildman–Crippen MR) is 85.2 cm³/mol. The maximum absolute atomic E-state index is 11.6. The van der Waals surface area contributed by atoms with Crippen LogP contribution in [0, 0.1) is 0 Å². The lowest BCUT2D eigenvalue weighted by Gasteiger charge is -2.06. The third-order valence-electron chi connectivity index (χ3n) is 2.61. The van der Waals surface area contributed by atoms with Crippen LogP contribution in [0.2, 0.25) is 0 Å². The maximum Gasteiger partial charge on any atom is 0.359 e. The largest absolute Gasteiger partial charge is 0.422 e. The van der Waals surface area contributed by atoms with Gasteiger partial charge in [-0.15, -0.1) is 0 Å². The molecule has 0 aromatic heterocycles. The Hall–Kier alpha value is -3.21. The van der Waals surface area contributed by atoms with Gasteiger partial charge in [0.2, 0.25) is 0 Å². The van der Waals surface area contributed by atoms with Crippen molar-refractivity contribution < 1.29 is 9.53 Å². The van der Waals surface area contributed by atoms with Crippen LogP contribution in [0.25, 0.3) is 0 Å². The molecule has 5 heteroatoms. The molecule has 5 nitrogen and oxygen atoms in total. The van der Waals surface area contributed by atoms with E-state index in [2.05, 4.69) is 28.7 Å². The minimum Gasteiger partial charge on any atom is -0.422 e. The summed E-state index contributed by atoms with van der Waals surface area (Å²) in [4.78, 5) is 11.6. The normalized spacial score (nSPS) is 10.2. The van der Waals surface area contributed by atoms with Gasteiger partial charge in [-0.25, -0.2) is 4.79 Å². The van der Waals surface area contributed by atoms with E-state index in [-0.39, 0.29) is 5.70 Å². The van der Waals surface area contributed by atoms with Crippen LogP contribution in [0.4, 0.5) is 11.4 Å². The molecule has 0 aliphatic carbocycles. The standard InChI is InChI=1S/C17H15N3O2/c1-3-18-13(2)17(21)22-16-11-9-15(10-12-16)20-19-14-7-5-4-6-8-14/h3-12,18H,1-2H2. The number of azo groups is 1. The molecule has 0 fully saturated rings. The summed E-state index contributed by atoms with van der Waals surface area (Å²) in [6, 6.07) is 16.1. The third-order valence-corrected chi connectivity index (χ3v) is 2.61. The molecule has 0 saturated heterocycles. The topological polar surface area (TPSA) is 63.0 Å². The lowest BCUT2D eigenvalue weighted by molar-refractivity contribution is -0.130. The van der Waals surface area contributed by atoms with Crippen LogP contribution in [0.3, 0.4) is 0 Å².